The molecule has 0 saturated carbocycles. The number of nitrogens with two attached hydrogens (primary N) is 1. The highest BCUT2D eigenvalue weighted by Crippen LogP contribution is 2.28. The van der Waals surface area contributed by atoms with Crippen molar-refractivity contribution in [3.05, 3.63) is 30.4 Å². The first-order valence-corrected chi connectivity index (χ1v) is 7.97. The largest absolute Gasteiger partial charge is 0.369 e. The normalized spacial score (nSPS) is 18.9. The van der Waals surface area contributed by atoms with Crippen molar-refractivity contribution >= 4 is 16.9 Å². The van der Waals surface area contributed by atoms with E-state index in [1.165, 1.54) is 0 Å². The Labute approximate surface area is 138 Å². The highest BCUT2D eigenvalue weighted by Gasteiger charge is 2.26. The third-order valence-electron chi connectivity index (χ3n) is 4.35. The van der Waals surface area contributed by atoms with Crippen molar-refractivity contribution in [1.29, 1.82) is 0 Å². The summed E-state index contributed by atoms with van der Waals surface area (Å²) in [4.78, 5) is 25.0. The lowest BCUT2D eigenvalue weighted by molar-refractivity contribution is -0.119. The summed E-state index contributed by atoms with van der Waals surface area (Å²) in [5.41, 5.74) is 8.00. The molecule has 3 N–H and O–H groups in total. The van der Waals surface area contributed by atoms with Crippen LogP contribution in [0.1, 0.15) is 24.7 Å². The molecule has 1 saturated heterocycles. The third kappa shape index (κ3) is 2.88. The number of amides is 1. The molecule has 24 heavy (non-hydrogen) atoms. The zero-order chi connectivity index (χ0) is 16.5. The van der Waals surface area contributed by atoms with E-state index < -0.39 is 0 Å². The molecule has 0 radical (unpaired) electrons. The van der Waals surface area contributed by atoms with Crippen LogP contribution in [-0.4, -0.2) is 50.5 Å². The van der Waals surface area contributed by atoms with Crippen molar-refractivity contribution in [3.63, 3.8) is 0 Å². The van der Waals surface area contributed by atoms with Gasteiger partial charge in [0.15, 0.2) is 0 Å². The molecule has 0 aliphatic carbocycles. The number of likely N-dealkylation sites (tertiary alicyclic amines) is 1. The fraction of sp³-hybridized carbons (Fsp3) is 0.375. The number of hydrogen-bond donors (Lipinski definition) is 2. The van der Waals surface area contributed by atoms with E-state index in [2.05, 4.69) is 20.1 Å². The van der Waals surface area contributed by atoms with Crippen molar-refractivity contribution in [2.24, 2.45) is 5.73 Å². The summed E-state index contributed by atoms with van der Waals surface area (Å²) in [5, 5.41) is 4.11. The van der Waals surface area contributed by atoms with Gasteiger partial charge in [-0.05, 0) is 37.6 Å². The van der Waals surface area contributed by atoms with E-state index >= 15 is 0 Å². The Morgan fingerprint density at radius 1 is 1.46 bits per heavy atom. The second-order valence-corrected chi connectivity index (χ2v) is 6.13. The molecule has 8 heteroatoms. The Kier molecular flexibility index (Phi) is 3.73. The number of imidazole rings is 1. The molecule has 4 rings (SSSR count). The van der Waals surface area contributed by atoms with Gasteiger partial charge in [-0.1, -0.05) is 5.16 Å². The fourth-order valence-electron chi connectivity index (χ4n) is 3.21. The van der Waals surface area contributed by atoms with Gasteiger partial charge in [-0.15, -0.1) is 0 Å². The number of carbonyl (C=O) groups excluding carboxylic acids is 1. The number of primary amides is 1. The number of carbonyl (C=O) groups is 1. The lowest BCUT2D eigenvalue weighted by atomic mass is 9.98. The molecule has 3 aromatic rings. The van der Waals surface area contributed by atoms with E-state index in [0.717, 1.165) is 36.0 Å². The maximum absolute atomic E-state index is 11.1. The van der Waals surface area contributed by atoms with Crippen LogP contribution in [0.3, 0.4) is 0 Å². The topological polar surface area (TPSA) is 114 Å². The molecule has 1 aliphatic rings. The minimum absolute atomic E-state index is 0.134. The number of aromatic amines is 1. The molecule has 1 aliphatic heterocycles. The molecule has 8 nitrogen and oxygen atoms in total. The molecule has 0 unspecified atom stereocenters. The molecule has 1 atom stereocenters. The molecule has 0 spiro atoms. The minimum atomic E-state index is -0.310. The van der Waals surface area contributed by atoms with Gasteiger partial charge in [0.2, 0.25) is 17.6 Å². The Morgan fingerprint density at radius 3 is 3.25 bits per heavy atom. The monoisotopic (exact) mass is 326 g/mol. The Morgan fingerprint density at radius 2 is 2.38 bits per heavy atom. The second-order valence-electron chi connectivity index (χ2n) is 6.13. The first-order valence-electron chi connectivity index (χ1n) is 7.97. The number of piperidine rings is 1. The lowest BCUT2D eigenvalue weighted by Gasteiger charge is -2.29. The summed E-state index contributed by atoms with van der Waals surface area (Å²) in [7, 11) is 0. The molecule has 124 valence electrons. The van der Waals surface area contributed by atoms with E-state index in [-0.39, 0.29) is 18.4 Å². The highest BCUT2D eigenvalue weighted by molar-refractivity contribution is 5.79. The summed E-state index contributed by atoms with van der Waals surface area (Å²) in [6.45, 7) is 1.86. The molecule has 0 bridgehead atoms. The standard InChI is InChI=1S/C16H18N6O2/c17-14(23)8-22-5-1-2-11(7-22)16-20-15(21-24-16)10-3-4-12-13(6-10)19-9-18-12/h3-4,6,9,11H,1-2,5,7-8H2,(H2,17,23)(H,18,19)/t11-/m1/s1. The average molecular weight is 326 g/mol. The van der Waals surface area contributed by atoms with Crippen LogP contribution in [0.15, 0.2) is 29.0 Å². The molecule has 2 aromatic heterocycles. The van der Waals surface area contributed by atoms with Crippen molar-refractivity contribution in [3.8, 4) is 11.4 Å². The molecule has 3 heterocycles. The van der Waals surface area contributed by atoms with Crippen LogP contribution < -0.4 is 5.73 Å². The number of aromatic nitrogens is 4. The van der Waals surface area contributed by atoms with Crippen molar-refractivity contribution in [1.82, 2.24) is 25.0 Å². The SMILES string of the molecule is NC(=O)CN1CCC[C@@H](c2nc(-c3ccc4nc[nH]c4c3)no2)C1. The van der Waals surface area contributed by atoms with Gasteiger partial charge in [0.1, 0.15) is 0 Å². The molecule has 1 amide bonds. The maximum Gasteiger partial charge on any atom is 0.231 e. The van der Waals surface area contributed by atoms with Crippen LogP contribution in [0.5, 0.6) is 0 Å². The molecule has 1 aromatic carbocycles. The van der Waals surface area contributed by atoms with Crippen molar-refractivity contribution in [2.75, 3.05) is 19.6 Å². The summed E-state index contributed by atoms with van der Waals surface area (Å²) in [5.74, 6) is 1.00. The summed E-state index contributed by atoms with van der Waals surface area (Å²) in [6, 6.07) is 5.81. The van der Waals surface area contributed by atoms with Crippen molar-refractivity contribution in [2.45, 2.75) is 18.8 Å². The molecular formula is C16H18N6O2. The number of benzene rings is 1. The van der Waals surface area contributed by atoms with E-state index in [1.807, 2.05) is 23.1 Å². The van der Waals surface area contributed by atoms with Crippen LogP contribution in [0, 0.1) is 0 Å². The predicted molar refractivity (Wildman–Crippen MR) is 87.0 cm³/mol. The van der Waals surface area contributed by atoms with Crippen LogP contribution in [0.2, 0.25) is 0 Å². The van der Waals surface area contributed by atoms with Gasteiger partial charge < -0.3 is 15.2 Å². The van der Waals surface area contributed by atoms with Gasteiger partial charge in [0.25, 0.3) is 0 Å². The number of nitrogens with zero attached hydrogens (tertiary/aromatic N) is 4. The quantitative estimate of drug-likeness (QED) is 0.746. The first-order chi connectivity index (χ1) is 11.7. The third-order valence-corrected chi connectivity index (χ3v) is 4.35. The van der Waals surface area contributed by atoms with Crippen LogP contribution in [-0.2, 0) is 4.79 Å². The lowest BCUT2D eigenvalue weighted by Crippen LogP contribution is -2.40. The summed E-state index contributed by atoms with van der Waals surface area (Å²) in [6.07, 6.45) is 3.61. The Bertz CT molecular complexity index is 870. The maximum atomic E-state index is 11.1. The van der Waals surface area contributed by atoms with Crippen molar-refractivity contribution < 1.29 is 9.32 Å². The highest BCUT2D eigenvalue weighted by atomic mass is 16.5. The number of rotatable bonds is 4. The zero-order valence-corrected chi connectivity index (χ0v) is 13.1. The van der Waals surface area contributed by atoms with E-state index in [0.29, 0.717) is 18.3 Å². The number of hydrogen-bond acceptors (Lipinski definition) is 6. The Hall–Kier alpha value is -2.74. The van der Waals surface area contributed by atoms with Gasteiger partial charge >= 0.3 is 0 Å². The predicted octanol–water partition coefficient (Wildman–Crippen LogP) is 1.28. The van der Waals surface area contributed by atoms with E-state index in [4.69, 9.17) is 10.3 Å². The zero-order valence-electron chi connectivity index (χ0n) is 13.1. The van der Waals surface area contributed by atoms with Gasteiger partial charge in [-0.2, -0.15) is 4.98 Å². The van der Waals surface area contributed by atoms with Gasteiger partial charge in [0.05, 0.1) is 29.8 Å². The number of fused-ring (bicyclic) bond motifs is 1. The fourth-order valence-corrected chi connectivity index (χ4v) is 3.21. The van der Waals surface area contributed by atoms with Crippen LogP contribution in [0.4, 0.5) is 0 Å². The van der Waals surface area contributed by atoms with Gasteiger partial charge in [-0.3, -0.25) is 9.69 Å². The van der Waals surface area contributed by atoms with E-state index in [1.54, 1.807) is 6.33 Å². The summed E-state index contributed by atoms with van der Waals surface area (Å²) >= 11 is 0. The summed E-state index contributed by atoms with van der Waals surface area (Å²) < 4.78 is 5.48. The first kappa shape index (κ1) is 14.8. The van der Waals surface area contributed by atoms with Gasteiger partial charge in [0, 0.05) is 12.1 Å². The Balaban J connectivity index is 1.54. The van der Waals surface area contributed by atoms with Crippen LogP contribution in [0.25, 0.3) is 22.4 Å². The number of nitrogens with one attached hydrogen (secondary N) is 1. The second kappa shape index (κ2) is 6.04. The molecule has 1 fully saturated rings. The van der Waals surface area contributed by atoms with Gasteiger partial charge in [-0.25, -0.2) is 4.98 Å². The smallest absolute Gasteiger partial charge is 0.231 e. The number of H-pyrrole nitrogens is 1. The van der Waals surface area contributed by atoms with E-state index in [9.17, 15) is 4.79 Å². The van der Waals surface area contributed by atoms with Crippen LogP contribution >= 0.6 is 0 Å². The minimum Gasteiger partial charge on any atom is -0.369 e. The average Bonchev–Trinajstić information content (AvgIpc) is 3.23. The molecular weight excluding hydrogens is 308 g/mol.